The van der Waals surface area contributed by atoms with Gasteiger partial charge in [0.15, 0.2) is 0 Å². The second-order valence-electron chi connectivity index (χ2n) is 1.92. The quantitative estimate of drug-likeness (QED) is 0.302. The smallest absolute Gasteiger partial charge is 0.360 e. The molecule has 1 atom stereocenters. The van der Waals surface area contributed by atoms with Crippen molar-refractivity contribution in [1.29, 1.82) is 0 Å². The average Bonchev–Trinajstić information content (AvgIpc) is 1.86. The van der Waals surface area contributed by atoms with E-state index in [9.17, 15) is 9.36 Å². The molecule has 68 valence electrons. The van der Waals surface area contributed by atoms with E-state index >= 15 is 0 Å². The normalized spacial score (nSPS) is 14.6. The van der Waals surface area contributed by atoms with Crippen LogP contribution in [0.15, 0.2) is 0 Å². The average molecular weight is 192 g/mol. The van der Waals surface area contributed by atoms with Crippen LogP contribution in [-0.2, 0) is 13.9 Å². The highest BCUT2D eigenvalue weighted by molar-refractivity contribution is 7.74. The molecule has 0 aliphatic rings. The fraction of sp³-hybridized carbons (Fsp3) is 0.600. The first-order chi connectivity index (χ1) is 5.45. The van der Waals surface area contributed by atoms with E-state index in [0.717, 1.165) is 6.92 Å². The van der Waals surface area contributed by atoms with Crippen LogP contribution in [0.2, 0.25) is 0 Å². The molecule has 0 aromatic carbocycles. The predicted molar refractivity (Wildman–Crippen MR) is 40.8 cm³/mol. The Morgan fingerprint density at radius 2 is 2.25 bits per heavy atom. The second-order valence-corrected chi connectivity index (χ2v) is 3.64. The van der Waals surface area contributed by atoms with Crippen molar-refractivity contribution < 1.29 is 23.6 Å². The number of ketones is 1. The molecule has 0 radical (unpaired) electrons. The molecule has 0 aromatic rings. The molecule has 0 heterocycles. The maximum Gasteiger partial charge on any atom is 0.444 e. The van der Waals surface area contributed by atoms with Gasteiger partial charge in [0.2, 0.25) is 5.78 Å². The summed E-state index contributed by atoms with van der Waals surface area (Å²) in [6.07, 6.45) is 0. The lowest BCUT2D eigenvalue weighted by molar-refractivity contribution is -0.114. The molecule has 0 saturated carbocycles. The van der Waals surface area contributed by atoms with E-state index in [1.165, 1.54) is 6.92 Å². The number of carbonyl (C=O) groups excluding carboxylic acids is 1. The fourth-order valence-electron chi connectivity index (χ4n) is 0.562. The molecule has 0 aliphatic heterocycles. The highest BCUT2D eigenvalue weighted by Gasteiger charge is 2.39. The van der Waals surface area contributed by atoms with E-state index in [4.69, 9.17) is 10.4 Å². The summed E-state index contributed by atoms with van der Waals surface area (Å²) in [5.74, 6) is -0.795. The van der Waals surface area contributed by atoms with Crippen molar-refractivity contribution in [2.75, 3.05) is 6.61 Å². The molecule has 6 nitrogen and oxygen atoms in total. The molecule has 0 aliphatic carbocycles. The Labute approximate surface area is 69.3 Å². The zero-order chi connectivity index (χ0) is 9.78. The first-order valence-electron chi connectivity index (χ1n) is 3.16. The molecule has 0 fully saturated rings. The maximum absolute atomic E-state index is 11.0. The van der Waals surface area contributed by atoms with Crippen LogP contribution < -0.4 is 0 Å². The fourth-order valence-corrected chi connectivity index (χ4v) is 1.55. The summed E-state index contributed by atoms with van der Waals surface area (Å²) >= 11 is 0. The van der Waals surface area contributed by atoms with E-state index in [2.05, 4.69) is 9.31 Å². The molecule has 0 bridgehead atoms. The Kier molecular flexibility index (Phi) is 4.00. The van der Waals surface area contributed by atoms with Crippen molar-refractivity contribution >= 4 is 18.8 Å². The number of rotatable bonds is 4. The number of hydrogen-bond acceptors (Lipinski definition) is 3. The molecule has 12 heavy (non-hydrogen) atoms. The van der Waals surface area contributed by atoms with Crippen LogP contribution in [0.25, 0.3) is 5.53 Å². The monoisotopic (exact) mass is 192 g/mol. The Morgan fingerprint density at radius 1 is 1.75 bits per heavy atom. The van der Waals surface area contributed by atoms with Crippen molar-refractivity contribution in [3.05, 3.63) is 5.53 Å². The van der Waals surface area contributed by atoms with Gasteiger partial charge in [-0.3, -0.25) is 4.79 Å². The van der Waals surface area contributed by atoms with Crippen LogP contribution in [0, 0.1) is 0 Å². The summed E-state index contributed by atoms with van der Waals surface area (Å²) in [6, 6.07) is 0. The minimum absolute atomic E-state index is 0.0416. The van der Waals surface area contributed by atoms with E-state index in [1.807, 2.05) is 0 Å². The third-order valence-corrected chi connectivity index (χ3v) is 2.53. The number of nitrogens with zero attached hydrogens (tertiary/aromatic N) is 2. The lowest BCUT2D eigenvalue weighted by atomic mass is 10.5. The zero-order valence-electron chi connectivity index (χ0n) is 6.72. The minimum atomic E-state index is -4.21. The Bertz CT molecular complexity index is 281. The molecular formula is C5H9N2O4P. The van der Waals surface area contributed by atoms with Crippen LogP contribution in [0.3, 0.4) is 0 Å². The molecular weight excluding hydrogens is 183 g/mol. The van der Waals surface area contributed by atoms with Gasteiger partial charge in [0, 0.05) is 6.92 Å². The second kappa shape index (κ2) is 4.28. The molecule has 0 saturated heterocycles. The lowest BCUT2D eigenvalue weighted by Gasteiger charge is -2.02. The predicted octanol–water partition coefficient (Wildman–Crippen LogP) is 0.426. The molecule has 7 heteroatoms. The highest BCUT2D eigenvalue weighted by Crippen LogP contribution is 2.42. The molecule has 1 unspecified atom stereocenters. The van der Waals surface area contributed by atoms with Gasteiger partial charge >= 0.3 is 13.0 Å². The molecule has 1 N–H and O–H groups in total. The van der Waals surface area contributed by atoms with Gasteiger partial charge < -0.3 is 14.9 Å². The SMILES string of the molecule is CCOP(=O)(O)C(=[N+]=[N-])C(C)=O. The summed E-state index contributed by atoms with van der Waals surface area (Å²) in [7, 11) is -4.21. The van der Waals surface area contributed by atoms with E-state index in [-0.39, 0.29) is 6.61 Å². The summed E-state index contributed by atoms with van der Waals surface area (Å²) < 4.78 is 15.4. The van der Waals surface area contributed by atoms with Gasteiger partial charge in [-0.15, -0.1) is 0 Å². The van der Waals surface area contributed by atoms with Crippen LogP contribution >= 0.6 is 7.60 Å². The van der Waals surface area contributed by atoms with Crippen molar-refractivity contribution in [3.8, 4) is 0 Å². The first-order valence-corrected chi connectivity index (χ1v) is 4.74. The van der Waals surface area contributed by atoms with Gasteiger partial charge in [-0.2, -0.15) is 4.79 Å². The maximum atomic E-state index is 11.0. The lowest BCUT2D eigenvalue weighted by Crippen LogP contribution is -2.13. The van der Waals surface area contributed by atoms with E-state index in [1.54, 1.807) is 0 Å². The highest BCUT2D eigenvalue weighted by atomic mass is 31.2. The number of hydrogen-bond donors (Lipinski definition) is 1. The van der Waals surface area contributed by atoms with Gasteiger partial charge in [0.25, 0.3) is 0 Å². The van der Waals surface area contributed by atoms with Crippen LogP contribution in [0.4, 0.5) is 0 Å². The van der Waals surface area contributed by atoms with Crippen molar-refractivity contribution in [2.24, 2.45) is 0 Å². The van der Waals surface area contributed by atoms with Crippen molar-refractivity contribution in [2.45, 2.75) is 13.8 Å². The Balaban J connectivity index is 4.88. The number of carbonyl (C=O) groups is 1. The van der Waals surface area contributed by atoms with E-state index in [0.29, 0.717) is 0 Å². The summed E-state index contributed by atoms with van der Waals surface area (Å²) in [6.45, 7) is 2.45. The topological polar surface area (TPSA) is 100 Å². The van der Waals surface area contributed by atoms with Crippen LogP contribution in [-0.4, -0.2) is 27.5 Å². The first kappa shape index (κ1) is 11.2. The largest absolute Gasteiger partial charge is 0.444 e. The van der Waals surface area contributed by atoms with Crippen molar-refractivity contribution in [1.82, 2.24) is 0 Å². The third-order valence-electron chi connectivity index (χ3n) is 0.981. The van der Waals surface area contributed by atoms with Crippen LogP contribution in [0.5, 0.6) is 0 Å². The molecule has 0 amide bonds. The zero-order valence-corrected chi connectivity index (χ0v) is 7.62. The molecule has 0 aromatic heterocycles. The Morgan fingerprint density at radius 3 is 2.50 bits per heavy atom. The Hall–Kier alpha value is -0.800. The summed E-state index contributed by atoms with van der Waals surface area (Å²) in [5, 5.41) is 0. The van der Waals surface area contributed by atoms with Gasteiger partial charge in [0.1, 0.15) is 0 Å². The van der Waals surface area contributed by atoms with Gasteiger partial charge in [-0.1, -0.05) is 0 Å². The third kappa shape index (κ3) is 2.68. The summed E-state index contributed by atoms with van der Waals surface area (Å²) in [5.41, 5.74) is 7.37. The summed E-state index contributed by atoms with van der Waals surface area (Å²) in [4.78, 5) is 22.0. The minimum Gasteiger partial charge on any atom is -0.360 e. The van der Waals surface area contributed by atoms with Crippen molar-refractivity contribution in [3.63, 3.8) is 0 Å². The van der Waals surface area contributed by atoms with Gasteiger partial charge in [0.05, 0.1) is 6.61 Å². The molecule has 0 spiro atoms. The van der Waals surface area contributed by atoms with Gasteiger partial charge in [-0.05, 0) is 6.92 Å². The van der Waals surface area contributed by atoms with E-state index < -0.39 is 18.8 Å². The standard InChI is InChI=1S/C5H9N2O4P/c1-3-11-12(9,10)5(7-6)4(2)8/h3H2,1-2H3,(H,9,10). The van der Waals surface area contributed by atoms with Gasteiger partial charge in [-0.25, -0.2) is 4.57 Å². The van der Waals surface area contributed by atoms with Crippen LogP contribution in [0.1, 0.15) is 13.8 Å². The molecule has 0 rings (SSSR count). The number of Topliss-reactive ketones (excluding diaryl/α,β-unsaturated/α-hetero) is 1.